The van der Waals surface area contributed by atoms with Gasteiger partial charge in [-0.1, -0.05) is 23.5 Å². The molecule has 5 N–H and O–H groups in total. The minimum absolute atomic E-state index is 0.128. The van der Waals surface area contributed by atoms with Crippen molar-refractivity contribution in [2.45, 2.75) is 31.0 Å². The zero-order valence-corrected chi connectivity index (χ0v) is 21.9. The summed E-state index contributed by atoms with van der Waals surface area (Å²) < 4.78 is 69.4. The Hall–Kier alpha value is -3.00. The molecule has 2 aromatic carbocycles. The van der Waals surface area contributed by atoms with Crippen LogP contribution in [-0.4, -0.2) is 85.9 Å². The van der Waals surface area contributed by atoms with Crippen LogP contribution in [0.4, 0.5) is 0 Å². The van der Waals surface area contributed by atoms with Crippen molar-refractivity contribution in [3.63, 3.8) is 0 Å². The smallest absolute Gasteiger partial charge is 0.376 e. The van der Waals surface area contributed by atoms with E-state index < -0.39 is 49.4 Å². The number of benzene rings is 2. The lowest BCUT2D eigenvalue weighted by molar-refractivity contribution is -0.154. The van der Waals surface area contributed by atoms with Gasteiger partial charge in [0.1, 0.15) is 5.25 Å². The fourth-order valence-electron chi connectivity index (χ4n) is 3.74. The van der Waals surface area contributed by atoms with Gasteiger partial charge in [0.2, 0.25) is 0 Å². The number of aliphatic hydroxyl groups excluding tert-OH is 1. The summed E-state index contributed by atoms with van der Waals surface area (Å²) in [7, 11) is -8.89. The number of ether oxygens (including phenoxy) is 1. The first-order valence-corrected chi connectivity index (χ1v) is 15.2. The average molecular weight is 601 g/mol. The Morgan fingerprint density at radius 1 is 0.895 bits per heavy atom. The molecule has 0 saturated carbocycles. The van der Waals surface area contributed by atoms with Crippen LogP contribution in [0.2, 0.25) is 0 Å². The van der Waals surface area contributed by atoms with E-state index in [9.17, 15) is 40.6 Å². The number of nitrogens with one attached hydrogen (secondary N) is 2. The molecule has 200 valence electrons. The molecule has 1 fully saturated rings. The summed E-state index contributed by atoms with van der Waals surface area (Å²) in [5.74, 6) is -2.19. The quantitative estimate of drug-likeness (QED) is 0.0824. The number of hydrogen-bond donors (Lipinski definition) is 5. The van der Waals surface area contributed by atoms with Crippen molar-refractivity contribution in [3.8, 4) is 0 Å². The molecule has 1 saturated heterocycles. The van der Waals surface area contributed by atoms with E-state index in [0.29, 0.717) is 16.6 Å². The van der Waals surface area contributed by atoms with Crippen molar-refractivity contribution in [2.75, 3.05) is 12.4 Å². The molecule has 3 heterocycles. The molecule has 0 bridgehead atoms. The van der Waals surface area contributed by atoms with E-state index in [-0.39, 0.29) is 31.4 Å². The van der Waals surface area contributed by atoms with Gasteiger partial charge in [-0.2, -0.15) is 16.8 Å². The molecule has 0 aliphatic carbocycles. The minimum atomic E-state index is -4.46. The van der Waals surface area contributed by atoms with Crippen molar-refractivity contribution in [1.82, 2.24) is 19.9 Å². The summed E-state index contributed by atoms with van der Waals surface area (Å²) in [4.78, 5) is 38.5. The first-order chi connectivity index (χ1) is 17.8. The number of carbonyl (C=O) groups excluding carboxylic acids is 2. The molecule has 38 heavy (non-hydrogen) atoms. The average Bonchev–Trinajstić information content (AvgIpc) is 3.51. The molecule has 0 radical (unpaired) electrons. The number of esters is 1. The van der Waals surface area contributed by atoms with Gasteiger partial charge in [0.15, 0.2) is 15.9 Å². The van der Waals surface area contributed by atoms with Gasteiger partial charge >= 0.3 is 5.97 Å². The second-order valence-electron chi connectivity index (χ2n) is 8.16. The normalized spacial score (nSPS) is 20.4. The molecule has 1 aliphatic heterocycles. The number of imidazole rings is 2. The Kier molecular flexibility index (Phi) is 6.53. The SMILES string of the molecule is O=C1OC(CO)(CSc2nc3ccc(S(=O)(=O)O)cc3[nH]2)C(Sc2nc3ccc(S(=O)(=O)O)cc3[nH]2)C1=O. The fraction of sp³-hybridized carbons (Fsp3) is 0.200. The summed E-state index contributed by atoms with van der Waals surface area (Å²) in [6, 6.07) is 7.41. The zero-order chi connectivity index (χ0) is 27.5. The third-order valence-electron chi connectivity index (χ3n) is 5.62. The van der Waals surface area contributed by atoms with E-state index in [2.05, 4.69) is 19.9 Å². The number of thioether (sulfide) groups is 2. The number of H-pyrrole nitrogens is 2. The number of nitrogens with zero attached hydrogens (tertiary/aromatic N) is 2. The number of aromatic amines is 2. The largest absolute Gasteiger partial charge is 0.448 e. The lowest BCUT2D eigenvalue weighted by Gasteiger charge is -2.28. The number of aliphatic hydroxyl groups is 1. The van der Waals surface area contributed by atoms with Crippen molar-refractivity contribution in [3.05, 3.63) is 36.4 Å². The first kappa shape index (κ1) is 26.6. The first-order valence-electron chi connectivity index (χ1n) is 10.4. The standard InChI is InChI=1S/C20H16N4O10S4/c25-7-20(8-35-18-21-11-3-1-9(37(28,29)30)5-13(11)23-18)16(15(26)17(27)34-20)36-19-22-12-4-2-10(38(31,32)33)6-14(12)24-19/h1-6,16,25H,7-8H2,(H,21,23)(H,22,24)(H,28,29,30)(H,31,32,33). The van der Waals surface area contributed by atoms with E-state index >= 15 is 0 Å². The lowest BCUT2D eigenvalue weighted by atomic mass is 10.0. The zero-order valence-electron chi connectivity index (χ0n) is 18.7. The van der Waals surface area contributed by atoms with Gasteiger partial charge < -0.3 is 19.8 Å². The number of aromatic nitrogens is 4. The number of Topliss-reactive ketones (excluding diaryl/α,β-unsaturated/α-hetero) is 1. The van der Waals surface area contributed by atoms with Crippen LogP contribution in [0.5, 0.6) is 0 Å². The summed E-state index contributed by atoms with van der Waals surface area (Å²) in [6.45, 7) is -0.727. The van der Waals surface area contributed by atoms with Gasteiger partial charge in [-0.3, -0.25) is 13.9 Å². The lowest BCUT2D eigenvalue weighted by Crippen LogP contribution is -2.46. The topological polar surface area (TPSA) is 230 Å². The third-order valence-corrected chi connectivity index (χ3v) is 9.72. The van der Waals surface area contributed by atoms with Crippen molar-refractivity contribution in [2.24, 2.45) is 0 Å². The van der Waals surface area contributed by atoms with E-state index in [1.807, 2.05) is 0 Å². The number of hydrogen-bond acceptors (Lipinski definition) is 12. The highest BCUT2D eigenvalue weighted by Crippen LogP contribution is 2.41. The number of fused-ring (bicyclic) bond motifs is 2. The summed E-state index contributed by atoms with van der Waals surface area (Å²) in [5.41, 5.74) is -0.419. The van der Waals surface area contributed by atoms with Crippen LogP contribution in [0.25, 0.3) is 22.1 Å². The Morgan fingerprint density at radius 2 is 1.42 bits per heavy atom. The summed E-state index contributed by atoms with van der Waals surface area (Å²) >= 11 is 1.81. The van der Waals surface area contributed by atoms with Gasteiger partial charge in [-0.05, 0) is 36.4 Å². The molecule has 2 atom stereocenters. The molecule has 0 amide bonds. The maximum Gasteiger partial charge on any atom is 0.376 e. The van der Waals surface area contributed by atoms with Crippen LogP contribution in [0.3, 0.4) is 0 Å². The van der Waals surface area contributed by atoms with E-state index in [1.54, 1.807) is 0 Å². The molecule has 1 aliphatic rings. The Morgan fingerprint density at radius 3 is 1.95 bits per heavy atom. The second kappa shape index (κ2) is 9.33. The van der Waals surface area contributed by atoms with Crippen LogP contribution < -0.4 is 0 Å². The van der Waals surface area contributed by atoms with E-state index in [1.165, 1.54) is 24.3 Å². The highest BCUT2D eigenvalue weighted by Gasteiger charge is 2.56. The van der Waals surface area contributed by atoms with E-state index in [0.717, 1.165) is 35.7 Å². The molecule has 2 aromatic heterocycles. The molecular formula is C20H16N4O10S4. The minimum Gasteiger partial charge on any atom is -0.448 e. The van der Waals surface area contributed by atoms with E-state index in [4.69, 9.17) is 4.74 Å². The Balaban J connectivity index is 1.41. The predicted molar refractivity (Wildman–Crippen MR) is 133 cm³/mol. The fourth-order valence-corrected chi connectivity index (χ4v) is 7.07. The predicted octanol–water partition coefficient (Wildman–Crippen LogP) is 1.04. The van der Waals surface area contributed by atoms with Crippen LogP contribution >= 0.6 is 23.5 Å². The van der Waals surface area contributed by atoms with Crippen molar-refractivity contribution >= 4 is 77.6 Å². The summed E-state index contributed by atoms with van der Waals surface area (Å²) in [6.07, 6.45) is 0. The number of cyclic esters (lactones) is 1. The molecule has 4 aromatic rings. The molecule has 0 spiro atoms. The molecular weight excluding hydrogens is 585 g/mol. The number of ketones is 1. The maximum atomic E-state index is 12.7. The number of carbonyl (C=O) groups is 2. The highest BCUT2D eigenvalue weighted by molar-refractivity contribution is 8.01. The van der Waals surface area contributed by atoms with Crippen LogP contribution in [0.15, 0.2) is 56.5 Å². The Bertz CT molecular complexity index is 1830. The van der Waals surface area contributed by atoms with Gasteiger partial charge in [-0.25, -0.2) is 14.8 Å². The van der Waals surface area contributed by atoms with Crippen molar-refractivity contribution in [1.29, 1.82) is 0 Å². The molecule has 2 unspecified atom stereocenters. The van der Waals surface area contributed by atoms with Gasteiger partial charge in [0, 0.05) is 5.75 Å². The number of rotatable bonds is 8. The second-order valence-corrected chi connectivity index (χ2v) is 13.1. The van der Waals surface area contributed by atoms with Gasteiger partial charge in [0.05, 0.1) is 38.5 Å². The van der Waals surface area contributed by atoms with Crippen LogP contribution in [-0.2, 0) is 34.6 Å². The Labute approximate surface area is 222 Å². The maximum absolute atomic E-state index is 12.7. The molecule has 14 nitrogen and oxygen atoms in total. The van der Waals surface area contributed by atoms with Gasteiger partial charge in [-0.15, -0.1) is 0 Å². The van der Waals surface area contributed by atoms with Gasteiger partial charge in [0.25, 0.3) is 26.0 Å². The highest BCUT2D eigenvalue weighted by atomic mass is 32.2. The summed E-state index contributed by atoms with van der Waals surface area (Å²) in [5, 5.41) is 9.37. The third kappa shape index (κ3) is 4.91. The van der Waals surface area contributed by atoms with Crippen LogP contribution in [0, 0.1) is 0 Å². The molecule has 18 heteroatoms. The monoisotopic (exact) mass is 600 g/mol. The van der Waals surface area contributed by atoms with Crippen molar-refractivity contribution < 1.29 is 45.4 Å². The molecule has 5 rings (SSSR count). The van der Waals surface area contributed by atoms with Crippen LogP contribution in [0.1, 0.15) is 0 Å².